The maximum atomic E-state index is 13.2. The van der Waals surface area contributed by atoms with Crippen LogP contribution in [-0.2, 0) is 10.0 Å². The van der Waals surface area contributed by atoms with E-state index in [2.05, 4.69) is 10.2 Å². The molecule has 8 nitrogen and oxygen atoms in total. The Hall–Kier alpha value is -2.88. The van der Waals surface area contributed by atoms with Crippen LogP contribution >= 0.6 is 11.6 Å². The monoisotopic (exact) mass is 502 g/mol. The molecule has 0 bridgehead atoms. The normalized spacial score (nSPS) is 14.8. The number of aryl methyl sites for hydroxylation is 2. The second-order valence-corrected chi connectivity index (χ2v) is 10.4. The standard InChI is InChI=1S/C24H27ClN4O4S/c1-16-14-23(17(2)13-19(16)25)34(30,31)29-11-9-28(10-12-29)24-8-6-20(26-27-24)18-5-7-21(32-3)22(15-18)33-4/h5-8,13-15H,9-12H2,1-4H3. The molecule has 1 saturated heterocycles. The first-order valence-electron chi connectivity index (χ1n) is 10.8. The average Bonchev–Trinajstić information content (AvgIpc) is 2.86. The Balaban J connectivity index is 1.46. The number of anilines is 1. The van der Waals surface area contributed by atoms with E-state index in [-0.39, 0.29) is 0 Å². The van der Waals surface area contributed by atoms with Crippen molar-refractivity contribution in [3.05, 3.63) is 58.6 Å². The van der Waals surface area contributed by atoms with Crippen molar-refractivity contribution in [1.82, 2.24) is 14.5 Å². The topological polar surface area (TPSA) is 84.9 Å². The molecule has 0 aliphatic carbocycles. The maximum Gasteiger partial charge on any atom is 0.243 e. The third-order valence-electron chi connectivity index (χ3n) is 5.97. The van der Waals surface area contributed by atoms with Gasteiger partial charge in [0.05, 0.1) is 24.8 Å². The molecule has 1 aliphatic rings. The molecule has 0 N–H and O–H groups in total. The summed E-state index contributed by atoms with van der Waals surface area (Å²) in [5, 5.41) is 9.31. The van der Waals surface area contributed by atoms with Crippen LogP contribution in [0.3, 0.4) is 0 Å². The van der Waals surface area contributed by atoms with Crippen LogP contribution in [0.5, 0.6) is 11.5 Å². The third kappa shape index (κ3) is 4.68. The maximum absolute atomic E-state index is 13.2. The molecule has 1 aromatic heterocycles. The van der Waals surface area contributed by atoms with E-state index in [4.69, 9.17) is 21.1 Å². The van der Waals surface area contributed by atoms with E-state index in [0.717, 1.165) is 11.1 Å². The summed E-state index contributed by atoms with van der Waals surface area (Å²) in [4.78, 5) is 2.35. The van der Waals surface area contributed by atoms with Crippen molar-refractivity contribution in [3.63, 3.8) is 0 Å². The predicted molar refractivity (Wildman–Crippen MR) is 132 cm³/mol. The molecular formula is C24H27ClN4O4S. The number of sulfonamides is 1. The van der Waals surface area contributed by atoms with E-state index in [1.54, 1.807) is 33.3 Å². The molecule has 0 spiro atoms. The van der Waals surface area contributed by atoms with E-state index in [0.29, 0.717) is 64.7 Å². The lowest BCUT2D eigenvalue weighted by Gasteiger charge is -2.34. The van der Waals surface area contributed by atoms with Crippen LogP contribution in [0.4, 0.5) is 5.82 Å². The molecule has 0 amide bonds. The number of methoxy groups -OCH3 is 2. The zero-order valence-electron chi connectivity index (χ0n) is 19.6. The Bertz CT molecular complexity index is 1290. The Morgan fingerprint density at radius 2 is 1.56 bits per heavy atom. The number of piperazine rings is 1. The van der Waals surface area contributed by atoms with Crippen LogP contribution in [-0.4, -0.2) is 63.3 Å². The number of hydrogen-bond donors (Lipinski definition) is 0. The SMILES string of the molecule is COc1ccc(-c2ccc(N3CCN(S(=O)(=O)c4cc(C)c(Cl)cc4C)CC3)nn2)cc1OC. The zero-order chi connectivity index (χ0) is 24.5. The Morgan fingerprint density at radius 3 is 2.18 bits per heavy atom. The lowest BCUT2D eigenvalue weighted by molar-refractivity contribution is 0.355. The van der Waals surface area contributed by atoms with Crippen LogP contribution in [0.1, 0.15) is 11.1 Å². The van der Waals surface area contributed by atoms with E-state index in [1.165, 1.54) is 4.31 Å². The molecule has 3 aromatic rings. The molecule has 10 heteroatoms. The molecule has 1 fully saturated rings. The van der Waals surface area contributed by atoms with Gasteiger partial charge in [-0.25, -0.2) is 8.42 Å². The van der Waals surface area contributed by atoms with Gasteiger partial charge in [-0.2, -0.15) is 4.31 Å². The summed E-state index contributed by atoms with van der Waals surface area (Å²) in [6.07, 6.45) is 0. The highest BCUT2D eigenvalue weighted by molar-refractivity contribution is 7.89. The molecule has 0 saturated carbocycles. The number of rotatable bonds is 6. The molecule has 34 heavy (non-hydrogen) atoms. The summed E-state index contributed by atoms with van der Waals surface area (Å²) in [7, 11) is -0.422. The van der Waals surface area contributed by atoms with Crippen LogP contribution < -0.4 is 14.4 Å². The molecule has 2 heterocycles. The second kappa shape index (κ2) is 9.77. The van der Waals surface area contributed by atoms with Crippen LogP contribution in [0.25, 0.3) is 11.3 Å². The van der Waals surface area contributed by atoms with Gasteiger partial charge in [0, 0.05) is 36.8 Å². The third-order valence-corrected chi connectivity index (χ3v) is 8.41. The van der Waals surface area contributed by atoms with E-state index < -0.39 is 10.0 Å². The molecular weight excluding hydrogens is 476 g/mol. The fraction of sp³-hybridized carbons (Fsp3) is 0.333. The van der Waals surface area contributed by atoms with E-state index in [1.807, 2.05) is 42.2 Å². The molecule has 0 radical (unpaired) electrons. The van der Waals surface area contributed by atoms with Crippen molar-refractivity contribution in [2.75, 3.05) is 45.3 Å². The minimum atomic E-state index is -3.60. The van der Waals surface area contributed by atoms with Crippen molar-refractivity contribution in [2.24, 2.45) is 0 Å². The summed E-state index contributed by atoms with van der Waals surface area (Å²) < 4.78 is 38.6. The summed E-state index contributed by atoms with van der Waals surface area (Å²) in [6, 6.07) is 12.7. The largest absolute Gasteiger partial charge is 0.493 e. The van der Waals surface area contributed by atoms with Gasteiger partial charge in [0.2, 0.25) is 10.0 Å². The van der Waals surface area contributed by atoms with Gasteiger partial charge >= 0.3 is 0 Å². The number of hydrogen-bond acceptors (Lipinski definition) is 7. The number of ether oxygens (including phenoxy) is 2. The highest BCUT2D eigenvalue weighted by Gasteiger charge is 2.30. The fourth-order valence-electron chi connectivity index (χ4n) is 3.97. The zero-order valence-corrected chi connectivity index (χ0v) is 21.2. The summed E-state index contributed by atoms with van der Waals surface area (Å²) >= 11 is 6.15. The van der Waals surface area contributed by atoms with Crippen LogP contribution in [0.15, 0.2) is 47.4 Å². The van der Waals surface area contributed by atoms with Crippen molar-refractivity contribution in [3.8, 4) is 22.8 Å². The second-order valence-electron chi connectivity index (χ2n) is 8.10. The van der Waals surface area contributed by atoms with Gasteiger partial charge < -0.3 is 14.4 Å². The predicted octanol–water partition coefficient (Wildman–Crippen LogP) is 3.94. The first-order chi connectivity index (χ1) is 16.2. The van der Waals surface area contributed by atoms with Crippen molar-refractivity contribution in [2.45, 2.75) is 18.7 Å². The highest BCUT2D eigenvalue weighted by atomic mass is 35.5. The molecule has 1 aliphatic heterocycles. The number of nitrogens with zero attached hydrogens (tertiary/aromatic N) is 4. The minimum Gasteiger partial charge on any atom is -0.493 e. The van der Waals surface area contributed by atoms with Gasteiger partial charge in [0.1, 0.15) is 0 Å². The average molecular weight is 503 g/mol. The summed E-state index contributed by atoms with van der Waals surface area (Å²) in [5.41, 5.74) is 2.96. The van der Waals surface area contributed by atoms with Crippen molar-refractivity contribution >= 4 is 27.4 Å². The minimum absolute atomic E-state index is 0.307. The molecule has 180 valence electrons. The van der Waals surface area contributed by atoms with Gasteiger partial charge in [-0.15, -0.1) is 10.2 Å². The van der Waals surface area contributed by atoms with Crippen molar-refractivity contribution in [1.29, 1.82) is 0 Å². The van der Waals surface area contributed by atoms with Gasteiger partial charge in [0.25, 0.3) is 0 Å². The molecule has 0 atom stereocenters. The first-order valence-corrected chi connectivity index (χ1v) is 12.6. The fourth-order valence-corrected chi connectivity index (χ4v) is 5.90. The van der Waals surface area contributed by atoms with Gasteiger partial charge in [-0.05, 0) is 67.4 Å². The Kier molecular flexibility index (Phi) is 6.97. The lowest BCUT2D eigenvalue weighted by atomic mass is 10.1. The molecule has 0 unspecified atom stereocenters. The number of halogens is 1. The number of aromatic nitrogens is 2. The summed E-state index contributed by atoms with van der Waals surface area (Å²) in [6.45, 7) is 5.35. The van der Waals surface area contributed by atoms with Crippen LogP contribution in [0.2, 0.25) is 5.02 Å². The smallest absolute Gasteiger partial charge is 0.243 e. The quantitative estimate of drug-likeness (QED) is 0.504. The lowest BCUT2D eigenvalue weighted by Crippen LogP contribution is -2.49. The molecule has 2 aromatic carbocycles. The van der Waals surface area contributed by atoms with Crippen LogP contribution in [0, 0.1) is 13.8 Å². The van der Waals surface area contributed by atoms with Gasteiger partial charge in [-0.3, -0.25) is 0 Å². The van der Waals surface area contributed by atoms with E-state index >= 15 is 0 Å². The first kappa shape index (κ1) is 24.3. The highest BCUT2D eigenvalue weighted by Crippen LogP contribution is 2.32. The van der Waals surface area contributed by atoms with Crippen molar-refractivity contribution < 1.29 is 17.9 Å². The summed E-state index contributed by atoms with van der Waals surface area (Å²) in [5.74, 6) is 1.97. The van der Waals surface area contributed by atoms with Gasteiger partial charge in [-0.1, -0.05) is 11.6 Å². The molecule has 4 rings (SSSR count). The van der Waals surface area contributed by atoms with Gasteiger partial charge in [0.15, 0.2) is 17.3 Å². The Labute approximate surface area is 205 Å². The van der Waals surface area contributed by atoms with E-state index in [9.17, 15) is 8.42 Å². The number of benzene rings is 2. The Morgan fingerprint density at radius 1 is 0.853 bits per heavy atom.